The smallest absolute Gasteiger partial charge is 0.256 e. The van der Waals surface area contributed by atoms with Gasteiger partial charge in [-0.2, -0.15) is 0 Å². The number of hydrogen-bond donors (Lipinski definition) is 1. The number of carbonyl (C=O) groups is 1. The van der Waals surface area contributed by atoms with Gasteiger partial charge in [0, 0.05) is 32.4 Å². The van der Waals surface area contributed by atoms with Gasteiger partial charge in [0.05, 0.1) is 11.8 Å². The predicted molar refractivity (Wildman–Crippen MR) is 63.0 cm³/mol. The van der Waals surface area contributed by atoms with Gasteiger partial charge in [0.15, 0.2) is 0 Å². The largest absolute Gasteiger partial charge is 0.452 e. The van der Waals surface area contributed by atoms with Crippen molar-refractivity contribution in [1.29, 1.82) is 0 Å². The average Bonchev–Trinajstić information content (AvgIpc) is 2.88. The van der Waals surface area contributed by atoms with Crippen LogP contribution in [0.25, 0.3) is 0 Å². The van der Waals surface area contributed by atoms with Gasteiger partial charge in [-0.3, -0.25) is 4.79 Å². The molecule has 2 aromatic heterocycles. The molecule has 0 radical (unpaired) electrons. The van der Waals surface area contributed by atoms with Crippen LogP contribution in [0, 0.1) is 0 Å². The Kier molecular flexibility index (Phi) is 3.49. The molecule has 0 spiro atoms. The fraction of sp³-hybridized carbons (Fsp3) is 0.273. The summed E-state index contributed by atoms with van der Waals surface area (Å²) in [5.41, 5.74) is 0.353. The summed E-state index contributed by atoms with van der Waals surface area (Å²) in [7, 11) is 1.91. The molecule has 6 heteroatoms. The quantitative estimate of drug-likeness (QED) is 0.901. The average molecular weight is 254 g/mol. The third kappa shape index (κ3) is 2.68. The summed E-state index contributed by atoms with van der Waals surface area (Å²) < 4.78 is 6.76. The fourth-order valence-corrected chi connectivity index (χ4v) is 1.68. The highest BCUT2D eigenvalue weighted by Gasteiger charge is 2.12. The van der Waals surface area contributed by atoms with E-state index in [0.717, 1.165) is 5.82 Å². The van der Waals surface area contributed by atoms with E-state index in [4.69, 9.17) is 16.0 Å². The number of hydrogen-bond acceptors (Lipinski definition) is 3. The van der Waals surface area contributed by atoms with Crippen molar-refractivity contribution in [3.63, 3.8) is 0 Å². The van der Waals surface area contributed by atoms with Crippen LogP contribution >= 0.6 is 11.6 Å². The first-order chi connectivity index (χ1) is 8.18. The van der Waals surface area contributed by atoms with Gasteiger partial charge in [0.1, 0.15) is 5.82 Å². The van der Waals surface area contributed by atoms with Crippen molar-refractivity contribution in [2.75, 3.05) is 6.54 Å². The minimum absolute atomic E-state index is 0.111. The maximum absolute atomic E-state index is 11.7. The molecule has 17 heavy (non-hydrogen) atoms. The van der Waals surface area contributed by atoms with Gasteiger partial charge in [0.2, 0.25) is 5.22 Å². The Labute approximate surface area is 103 Å². The van der Waals surface area contributed by atoms with Crippen LogP contribution in [0.4, 0.5) is 0 Å². The summed E-state index contributed by atoms with van der Waals surface area (Å²) >= 11 is 5.69. The third-order valence-electron chi connectivity index (χ3n) is 2.42. The Morgan fingerprint density at radius 1 is 1.65 bits per heavy atom. The topological polar surface area (TPSA) is 60.1 Å². The molecule has 0 fully saturated rings. The van der Waals surface area contributed by atoms with Crippen LogP contribution in [0.3, 0.4) is 0 Å². The van der Waals surface area contributed by atoms with Crippen molar-refractivity contribution in [2.45, 2.75) is 6.42 Å². The molecule has 2 heterocycles. The number of imidazole rings is 1. The summed E-state index contributed by atoms with van der Waals surface area (Å²) in [4.78, 5) is 15.8. The molecule has 1 amide bonds. The van der Waals surface area contributed by atoms with Gasteiger partial charge in [-0.25, -0.2) is 4.98 Å². The summed E-state index contributed by atoms with van der Waals surface area (Å²) in [6.45, 7) is 0.505. The summed E-state index contributed by atoms with van der Waals surface area (Å²) in [5, 5.41) is 2.87. The van der Waals surface area contributed by atoms with E-state index in [2.05, 4.69) is 10.3 Å². The van der Waals surface area contributed by atoms with Gasteiger partial charge < -0.3 is 14.3 Å². The predicted octanol–water partition coefficient (Wildman–Crippen LogP) is 1.64. The van der Waals surface area contributed by atoms with Gasteiger partial charge in [-0.15, -0.1) is 0 Å². The van der Waals surface area contributed by atoms with Crippen LogP contribution in [0.1, 0.15) is 16.2 Å². The molecule has 0 aromatic carbocycles. The van der Waals surface area contributed by atoms with Crippen LogP contribution in [0.2, 0.25) is 5.22 Å². The lowest BCUT2D eigenvalue weighted by atomic mass is 10.3. The molecular formula is C11H12ClN3O2. The van der Waals surface area contributed by atoms with Crippen molar-refractivity contribution in [3.05, 3.63) is 41.3 Å². The Morgan fingerprint density at radius 2 is 2.47 bits per heavy atom. The zero-order valence-electron chi connectivity index (χ0n) is 9.31. The van der Waals surface area contributed by atoms with E-state index in [1.807, 2.05) is 17.8 Å². The van der Waals surface area contributed by atoms with Crippen LogP contribution in [-0.4, -0.2) is 22.0 Å². The minimum atomic E-state index is -0.238. The van der Waals surface area contributed by atoms with E-state index >= 15 is 0 Å². The molecule has 0 aliphatic heterocycles. The second-order valence-corrected chi connectivity index (χ2v) is 3.91. The maximum atomic E-state index is 11.7. The summed E-state index contributed by atoms with van der Waals surface area (Å²) in [6, 6.07) is 1.54. The Bertz CT molecular complexity index is 518. The van der Waals surface area contributed by atoms with E-state index in [1.165, 1.54) is 6.26 Å². The van der Waals surface area contributed by atoms with Gasteiger partial charge in [0.25, 0.3) is 5.91 Å². The van der Waals surface area contributed by atoms with Crippen molar-refractivity contribution in [2.24, 2.45) is 7.05 Å². The Hall–Kier alpha value is -1.75. The van der Waals surface area contributed by atoms with Crippen LogP contribution < -0.4 is 5.32 Å². The second kappa shape index (κ2) is 5.05. The molecule has 0 bridgehead atoms. The lowest BCUT2D eigenvalue weighted by Crippen LogP contribution is -2.26. The van der Waals surface area contributed by atoms with Crippen LogP contribution in [-0.2, 0) is 13.5 Å². The Morgan fingerprint density at radius 3 is 3.06 bits per heavy atom. The summed E-state index contributed by atoms with van der Waals surface area (Å²) in [5.74, 6) is 0.682. The fourth-order valence-electron chi connectivity index (χ4n) is 1.48. The van der Waals surface area contributed by atoms with Gasteiger partial charge in [-0.05, 0) is 17.7 Å². The molecule has 1 N–H and O–H groups in total. The zero-order chi connectivity index (χ0) is 12.3. The number of nitrogens with zero attached hydrogens (tertiary/aromatic N) is 2. The highest BCUT2D eigenvalue weighted by Crippen LogP contribution is 2.15. The molecule has 0 atom stereocenters. The van der Waals surface area contributed by atoms with Gasteiger partial charge >= 0.3 is 0 Å². The number of carbonyl (C=O) groups excluding carboxylic acids is 1. The number of aromatic nitrogens is 2. The lowest BCUT2D eigenvalue weighted by Gasteiger charge is -2.04. The highest BCUT2D eigenvalue weighted by atomic mass is 35.5. The van der Waals surface area contributed by atoms with Crippen molar-refractivity contribution < 1.29 is 9.21 Å². The van der Waals surface area contributed by atoms with E-state index < -0.39 is 0 Å². The minimum Gasteiger partial charge on any atom is -0.452 e. The number of furan rings is 1. The number of aryl methyl sites for hydroxylation is 1. The normalized spacial score (nSPS) is 10.5. The SMILES string of the molecule is Cn1ccnc1CCNC(=O)c1ccoc1Cl. The van der Waals surface area contributed by atoms with Crippen LogP contribution in [0.15, 0.2) is 29.1 Å². The molecule has 90 valence electrons. The first kappa shape index (κ1) is 11.7. The molecule has 0 aliphatic rings. The highest BCUT2D eigenvalue weighted by molar-refractivity contribution is 6.32. The number of halogens is 1. The monoisotopic (exact) mass is 253 g/mol. The standard InChI is InChI=1S/C11H12ClN3O2/c1-15-6-5-13-9(15)2-4-14-11(16)8-3-7-17-10(8)12/h3,5-7H,2,4H2,1H3,(H,14,16). The molecule has 0 saturated heterocycles. The molecule has 5 nitrogen and oxygen atoms in total. The molecule has 2 aromatic rings. The van der Waals surface area contributed by atoms with Gasteiger partial charge in [-0.1, -0.05) is 0 Å². The number of rotatable bonds is 4. The molecular weight excluding hydrogens is 242 g/mol. The van der Waals surface area contributed by atoms with E-state index in [-0.39, 0.29) is 11.1 Å². The summed E-state index contributed by atoms with van der Waals surface area (Å²) in [6.07, 6.45) is 5.65. The number of nitrogens with one attached hydrogen (secondary N) is 1. The van der Waals surface area contributed by atoms with E-state index in [1.54, 1.807) is 12.3 Å². The maximum Gasteiger partial charge on any atom is 0.256 e. The second-order valence-electron chi connectivity index (χ2n) is 3.57. The zero-order valence-corrected chi connectivity index (χ0v) is 10.1. The van der Waals surface area contributed by atoms with E-state index in [9.17, 15) is 4.79 Å². The lowest BCUT2D eigenvalue weighted by molar-refractivity contribution is 0.0953. The molecule has 2 rings (SSSR count). The Balaban J connectivity index is 1.86. The first-order valence-corrected chi connectivity index (χ1v) is 5.53. The van der Waals surface area contributed by atoms with E-state index in [0.29, 0.717) is 18.5 Å². The van der Waals surface area contributed by atoms with Crippen molar-refractivity contribution in [3.8, 4) is 0 Å². The molecule has 0 aliphatic carbocycles. The van der Waals surface area contributed by atoms with Crippen molar-refractivity contribution in [1.82, 2.24) is 14.9 Å². The van der Waals surface area contributed by atoms with Crippen LogP contribution in [0.5, 0.6) is 0 Å². The molecule has 0 saturated carbocycles. The molecule has 0 unspecified atom stereocenters. The first-order valence-electron chi connectivity index (χ1n) is 5.16. The third-order valence-corrected chi connectivity index (χ3v) is 2.71. The number of amides is 1. The van der Waals surface area contributed by atoms with Crippen molar-refractivity contribution >= 4 is 17.5 Å².